The van der Waals surface area contributed by atoms with Gasteiger partial charge >= 0.3 is 0 Å². The Morgan fingerprint density at radius 1 is 1.45 bits per heavy atom. The van der Waals surface area contributed by atoms with Crippen LogP contribution in [0.5, 0.6) is 0 Å². The minimum absolute atomic E-state index is 0.0828. The van der Waals surface area contributed by atoms with E-state index in [2.05, 4.69) is 26.8 Å². The van der Waals surface area contributed by atoms with E-state index in [0.717, 1.165) is 19.3 Å². The zero-order valence-corrected chi connectivity index (χ0v) is 7.78. The average Bonchev–Trinajstić information content (AvgIpc) is 2.69. The van der Waals surface area contributed by atoms with Crippen molar-refractivity contribution >= 4 is 0 Å². The van der Waals surface area contributed by atoms with Crippen LogP contribution in [0.25, 0.3) is 0 Å². The van der Waals surface area contributed by atoms with Gasteiger partial charge in [0.25, 0.3) is 0 Å². The van der Waals surface area contributed by atoms with Gasteiger partial charge in [-0.1, -0.05) is 27.2 Å². The Kier molecular flexibility index (Phi) is 1.96. The molecule has 0 saturated heterocycles. The van der Waals surface area contributed by atoms with Gasteiger partial charge in [0.2, 0.25) is 0 Å². The Morgan fingerprint density at radius 2 is 2.00 bits per heavy atom. The molecular weight excluding hydrogens is 134 g/mol. The van der Waals surface area contributed by atoms with Crippen LogP contribution in [0.15, 0.2) is 0 Å². The molecule has 0 aromatic heterocycles. The van der Waals surface area contributed by atoms with Gasteiger partial charge in [-0.3, -0.25) is 0 Å². The molecule has 11 heavy (non-hydrogen) atoms. The number of nitrogens with zero attached hydrogens (tertiary/aromatic N) is 1. The lowest BCUT2D eigenvalue weighted by atomic mass is 9.79. The van der Waals surface area contributed by atoms with Crippen molar-refractivity contribution in [3.63, 3.8) is 0 Å². The average molecular weight is 151 g/mol. The normalized spacial score (nSPS) is 20.9. The summed E-state index contributed by atoms with van der Waals surface area (Å²) in [4.78, 5) is 0. The van der Waals surface area contributed by atoms with E-state index in [9.17, 15) is 0 Å². The molecule has 1 aliphatic carbocycles. The van der Waals surface area contributed by atoms with Crippen LogP contribution in [-0.2, 0) is 0 Å². The maximum Gasteiger partial charge on any atom is 0.0689 e. The molecule has 0 spiro atoms. The van der Waals surface area contributed by atoms with Crippen molar-refractivity contribution in [3.8, 4) is 6.07 Å². The third-order valence-electron chi connectivity index (χ3n) is 2.86. The smallest absolute Gasteiger partial charge is 0.0689 e. The maximum absolute atomic E-state index is 8.87. The summed E-state index contributed by atoms with van der Waals surface area (Å²) in [5.74, 6) is 0. The Bertz CT molecular complexity index is 182. The van der Waals surface area contributed by atoms with Gasteiger partial charge in [-0.2, -0.15) is 5.26 Å². The first-order valence-corrected chi connectivity index (χ1v) is 4.45. The highest BCUT2D eigenvalue weighted by Gasteiger charge is 2.46. The van der Waals surface area contributed by atoms with Gasteiger partial charge in [0, 0.05) is 0 Å². The van der Waals surface area contributed by atoms with Crippen molar-refractivity contribution in [1.82, 2.24) is 0 Å². The lowest BCUT2D eigenvalue weighted by molar-refractivity contribution is 0.275. The summed E-state index contributed by atoms with van der Waals surface area (Å²) in [6.45, 7) is 6.71. The van der Waals surface area contributed by atoms with E-state index in [4.69, 9.17) is 5.26 Å². The Morgan fingerprint density at radius 3 is 2.27 bits per heavy atom. The number of rotatable bonds is 3. The molecule has 62 valence electrons. The van der Waals surface area contributed by atoms with E-state index >= 15 is 0 Å². The predicted molar refractivity (Wildman–Crippen MR) is 46.0 cm³/mol. The largest absolute Gasteiger partial charge is 0.198 e. The second-order valence-electron chi connectivity index (χ2n) is 4.59. The molecule has 0 heterocycles. The molecule has 0 aliphatic heterocycles. The van der Waals surface area contributed by atoms with E-state index < -0.39 is 0 Å². The summed E-state index contributed by atoms with van der Waals surface area (Å²) in [7, 11) is 0. The first-order chi connectivity index (χ1) is 5.04. The van der Waals surface area contributed by atoms with Crippen LogP contribution in [-0.4, -0.2) is 0 Å². The second kappa shape index (κ2) is 2.52. The fraction of sp³-hybridized carbons (Fsp3) is 0.900. The Hall–Kier alpha value is -0.510. The summed E-state index contributed by atoms with van der Waals surface area (Å²) >= 11 is 0. The third kappa shape index (κ3) is 1.96. The molecule has 0 bridgehead atoms. The Labute approximate surface area is 69.4 Å². The molecule has 0 amide bonds. The zero-order valence-electron chi connectivity index (χ0n) is 7.78. The molecule has 0 atom stereocenters. The molecule has 1 nitrogen and oxygen atoms in total. The second-order valence-corrected chi connectivity index (χ2v) is 4.59. The topological polar surface area (TPSA) is 23.8 Å². The SMILES string of the molecule is CCC(C)(C)CC1(C#N)CC1. The van der Waals surface area contributed by atoms with E-state index in [0.29, 0.717) is 5.41 Å². The van der Waals surface area contributed by atoms with E-state index in [1.165, 1.54) is 6.42 Å². The van der Waals surface area contributed by atoms with Gasteiger partial charge in [-0.05, 0) is 24.7 Å². The predicted octanol–water partition coefficient (Wildman–Crippen LogP) is 3.12. The minimum atomic E-state index is 0.0828. The first-order valence-electron chi connectivity index (χ1n) is 4.45. The highest BCUT2D eigenvalue weighted by Crippen LogP contribution is 2.53. The molecule has 0 aromatic carbocycles. The lowest BCUT2D eigenvalue weighted by Crippen LogP contribution is -2.15. The summed E-state index contributed by atoms with van der Waals surface area (Å²) in [5.41, 5.74) is 0.450. The van der Waals surface area contributed by atoms with Crippen molar-refractivity contribution in [3.05, 3.63) is 0 Å². The summed E-state index contributed by atoms with van der Waals surface area (Å²) in [5, 5.41) is 8.87. The van der Waals surface area contributed by atoms with Crippen molar-refractivity contribution in [1.29, 1.82) is 5.26 Å². The van der Waals surface area contributed by atoms with Crippen molar-refractivity contribution < 1.29 is 0 Å². The molecule has 0 radical (unpaired) electrons. The van der Waals surface area contributed by atoms with E-state index in [1.807, 2.05) is 0 Å². The Balaban J connectivity index is 2.49. The number of hydrogen-bond donors (Lipinski definition) is 0. The van der Waals surface area contributed by atoms with Crippen LogP contribution in [0, 0.1) is 22.2 Å². The first kappa shape index (κ1) is 8.59. The van der Waals surface area contributed by atoms with Gasteiger partial charge in [0.1, 0.15) is 0 Å². The van der Waals surface area contributed by atoms with Gasteiger partial charge in [-0.15, -0.1) is 0 Å². The molecule has 0 N–H and O–H groups in total. The highest BCUT2D eigenvalue weighted by molar-refractivity contribution is 5.11. The van der Waals surface area contributed by atoms with Crippen molar-refractivity contribution in [2.24, 2.45) is 10.8 Å². The maximum atomic E-state index is 8.87. The molecule has 0 unspecified atom stereocenters. The molecule has 1 fully saturated rings. The number of nitriles is 1. The summed E-state index contributed by atoms with van der Waals surface area (Å²) in [6.07, 6.45) is 4.53. The van der Waals surface area contributed by atoms with Crippen LogP contribution < -0.4 is 0 Å². The van der Waals surface area contributed by atoms with Crippen molar-refractivity contribution in [2.75, 3.05) is 0 Å². The van der Waals surface area contributed by atoms with Gasteiger partial charge in [0.15, 0.2) is 0 Å². The molecule has 1 heteroatoms. The van der Waals surface area contributed by atoms with E-state index in [1.54, 1.807) is 0 Å². The standard InChI is InChI=1S/C10H17N/c1-4-9(2,3)7-10(8-11)5-6-10/h4-7H2,1-3H3. The van der Waals surface area contributed by atoms with Crippen LogP contribution in [0.4, 0.5) is 0 Å². The molecular formula is C10H17N. The lowest BCUT2D eigenvalue weighted by Gasteiger charge is -2.24. The quantitative estimate of drug-likeness (QED) is 0.608. The van der Waals surface area contributed by atoms with Crippen LogP contribution in [0.2, 0.25) is 0 Å². The summed E-state index contributed by atoms with van der Waals surface area (Å²) in [6, 6.07) is 2.44. The number of hydrogen-bond acceptors (Lipinski definition) is 1. The summed E-state index contributed by atoms with van der Waals surface area (Å²) < 4.78 is 0. The van der Waals surface area contributed by atoms with Crippen LogP contribution in [0.3, 0.4) is 0 Å². The molecule has 1 rings (SSSR count). The van der Waals surface area contributed by atoms with Gasteiger partial charge in [-0.25, -0.2) is 0 Å². The van der Waals surface area contributed by atoms with Crippen molar-refractivity contribution in [2.45, 2.75) is 46.5 Å². The molecule has 1 aliphatic rings. The fourth-order valence-electron chi connectivity index (χ4n) is 1.52. The third-order valence-corrected chi connectivity index (χ3v) is 2.86. The fourth-order valence-corrected chi connectivity index (χ4v) is 1.52. The molecule has 0 aromatic rings. The highest BCUT2D eigenvalue weighted by atomic mass is 14.5. The zero-order chi connectivity index (χ0) is 8.54. The van der Waals surface area contributed by atoms with Crippen LogP contribution >= 0.6 is 0 Å². The van der Waals surface area contributed by atoms with Gasteiger partial charge < -0.3 is 0 Å². The van der Waals surface area contributed by atoms with Gasteiger partial charge in [0.05, 0.1) is 11.5 Å². The minimum Gasteiger partial charge on any atom is -0.198 e. The monoisotopic (exact) mass is 151 g/mol. The van der Waals surface area contributed by atoms with E-state index in [-0.39, 0.29) is 5.41 Å². The molecule has 1 saturated carbocycles. The van der Waals surface area contributed by atoms with Crippen LogP contribution in [0.1, 0.15) is 46.5 Å².